The van der Waals surface area contributed by atoms with Gasteiger partial charge < -0.3 is 15.4 Å². The van der Waals surface area contributed by atoms with E-state index in [1.54, 1.807) is 7.11 Å². The summed E-state index contributed by atoms with van der Waals surface area (Å²) < 4.78 is 5.40. The predicted octanol–water partition coefficient (Wildman–Crippen LogP) is 1.06. The van der Waals surface area contributed by atoms with Crippen molar-refractivity contribution in [1.29, 1.82) is 0 Å². The Hall–Kier alpha value is -0.610. The van der Waals surface area contributed by atoms with Crippen molar-refractivity contribution in [2.24, 2.45) is 5.92 Å². The second kappa shape index (κ2) is 5.83. The van der Waals surface area contributed by atoms with E-state index in [1.165, 1.54) is 0 Å². The van der Waals surface area contributed by atoms with Crippen molar-refractivity contribution in [1.82, 2.24) is 10.6 Å². The van der Waals surface area contributed by atoms with Gasteiger partial charge in [0, 0.05) is 19.7 Å². The molecule has 0 aromatic carbocycles. The van der Waals surface area contributed by atoms with Crippen molar-refractivity contribution in [2.45, 2.75) is 57.2 Å². The summed E-state index contributed by atoms with van der Waals surface area (Å²) in [6.45, 7) is 2.99. The fraction of sp³-hybridized carbons (Fsp3) is 0.923. The van der Waals surface area contributed by atoms with E-state index < -0.39 is 0 Å². The Balaban J connectivity index is 1.80. The summed E-state index contributed by atoms with van der Waals surface area (Å²) in [4.78, 5) is 12.1. The molecule has 4 heteroatoms. The molecule has 17 heavy (non-hydrogen) atoms. The highest BCUT2D eigenvalue weighted by molar-refractivity contribution is 5.79. The van der Waals surface area contributed by atoms with Crippen molar-refractivity contribution < 1.29 is 9.53 Å². The molecule has 4 atom stereocenters. The first-order valence-corrected chi connectivity index (χ1v) is 6.77. The van der Waals surface area contributed by atoms with Crippen molar-refractivity contribution in [3.63, 3.8) is 0 Å². The molecule has 2 fully saturated rings. The maximum absolute atomic E-state index is 12.1. The molecule has 1 saturated heterocycles. The van der Waals surface area contributed by atoms with Crippen molar-refractivity contribution >= 4 is 5.91 Å². The van der Waals surface area contributed by atoms with Gasteiger partial charge in [-0.2, -0.15) is 0 Å². The van der Waals surface area contributed by atoms with Gasteiger partial charge in [0.2, 0.25) is 5.91 Å². The largest absolute Gasteiger partial charge is 0.379 e. The molecule has 1 heterocycles. The minimum atomic E-state index is 0.143. The third-order valence-corrected chi connectivity index (χ3v) is 4.11. The molecule has 0 aromatic heterocycles. The molecule has 2 aliphatic rings. The zero-order valence-electron chi connectivity index (χ0n) is 10.9. The van der Waals surface area contributed by atoms with E-state index in [-0.39, 0.29) is 24.0 Å². The fourth-order valence-electron chi connectivity index (χ4n) is 2.90. The van der Waals surface area contributed by atoms with Crippen LogP contribution >= 0.6 is 0 Å². The van der Waals surface area contributed by atoms with Gasteiger partial charge in [0.05, 0.1) is 18.1 Å². The van der Waals surface area contributed by atoms with Crippen LogP contribution in [0.4, 0.5) is 0 Å². The summed E-state index contributed by atoms with van der Waals surface area (Å²) in [6, 6.07) is 0.782. The highest BCUT2D eigenvalue weighted by atomic mass is 16.5. The first-order valence-electron chi connectivity index (χ1n) is 6.77. The van der Waals surface area contributed by atoms with E-state index in [0.29, 0.717) is 6.04 Å². The van der Waals surface area contributed by atoms with Gasteiger partial charge in [-0.1, -0.05) is 0 Å². The SMILES string of the molecule is COC1CCCC1NC(=O)C1CCC(C)NC1. The van der Waals surface area contributed by atoms with Gasteiger partial charge in [0.15, 0.2) is 0 Å². The molecule has 1 amide bonds. The topological polar surface area (TPSA) is 50.4 Å². The van der Waals surface area contributed by atoms with Crippen LogP contribution in [0.25, 0.3) is 0 Å². The van der Waals surface area contributed by atoms with Crippen LogP contribution in [0.3, 0.4) is 0 Å². The molecular formula is C13H24N2O2. The molecule has 2 rings (SSSR count). The molecule has 0 bridgehead atoms. The molecule has 1 saturated carbocycles. The minimum absolute atomic E-state index is 0.143. The van der Waals surface area contributed by atoms with Gasteiger partial charge in [-0.05, 0) is 39.0 Å². The van der Waals surface area contributed by atoms with E-state index in [1.807, 2.05) is 0 Å². The Morgan fingerprint density at radius 1 is 1.29 bits per heavy atom. The van der Waals surface area contributed by atoms with Crippen LogP contribution in [0.5, 0.6) is 0 Å². The molecular weight excluding hydrogens is 216 g/mol. The smallest absolute Gasteiger partial charge is 0.224 e. The third-order valence-electron chi connectivity index (χ3n) is 4.11. The molecule has 0 spiro atoms. The lowest BCUT2D eigenvalue weighted by molar-refractivity contribution is -0.127. The van der Waals surface area contributed by atoms with E-state index in [4.69, 9.17) is 4.74 Å². The first-order chi connectivity index (χ1) is 8.20. The standard InChI is InChI=1S/C13H24N2O2/c1-9-6-7-10(8-14-9)13(16)15-11-4-3-5-12(11)17-2/h9-12,14H,3-8H2,1-2H3,(H,15,16). The monoisotopic (exact) mass is 240 g/mol. The average molecular weight is 240 g/mol. The van der Waals surface area contributed by atoms with Gasteiger partial charge in [-0.25, -0.2) is 0 Å². The van der Waals surface area contributed by atoms with Gasteiger partial charge >= 0.3 is 0 Å². The lowest BCUT2D eigenvalue weighted by Gasteiger charge is -2.29. The summed E-state index contributed by atoms with van der Waals surface area (Å²) >= 11 is 0. The average Bonchev–Trinajstić information content (AvgIpc) is 2.77. The number of rotatable bonds is 3. The van der Waals surface area contributed by atoms with Crippen LogP contribution in [0.15, 0.2) is 0 Å². The molecule has 4 unspecified atom stereocenters. The summed E-state index contributed by atoms with van der Waals surface area (Å²) in [6.07, 6.45) is 5.60. The molecule has 2 N–H and O–H groups in total. The van der Waals surface area contributed by atoms with Crippen LogP contribution in [0.2, 0.25) is 0 Å². The van der Waals surface area contributed by atoms with Crippen molar-refractivity contribution in [3.05, 3.63) is 0 Å². The van der Waals surface area contributed by atoms with Crippen molar-refractivity contribution in [2.75, 3.05) is 13.7 Å². The lowest BCUT2D eigenvalue weighted by Crippen LogP contribution is -2.48. The summed E-state index contributed by atoms with van der Waals surface area (Å²) in [5.41, 5.74) is 0. The first kappa shape index (κ1) is 12.8. The normalized spacial score (nSPS) is 38.0. The zero-order valence-corrected chi connectivity index (χ0v) is 10.9. The van der Waals surface area contributed by atoms with Crippen LogP contribution in [-0.2, 0) is 9.53 Å². The molecule has 98 valence electrons. The Kier molecular flexibility index (Phi) is 4.40. The maximum atomic E-state index is 12.1. The fourth-order valence-corrected chi connectivity index (χ4v) is 2.90. The number of hydrogen-bond acceptors (Lipinski definition) is 3. The highest BCUT2D eigenvalue weighted by Gasteiger charge is 2.31. The van der Waals surface area contributed by atoms with Crippen molar-refractivity contribution in [3.8, 4) is 0 Å². The van der Waals surface area contributed by atoms with Gasteiger partial charge in [-0.3, -0.25) is 4.79 Å². The molecule has 1 aliphatic carbocycles. The Labute approximate surface area is 103 Å². The van der Waals surface area contributed by atoms with Crippen LogP contribution in [0.1, 0.15) is 39.0 Å². The Bertz CT molecular complexity index is 262. The maximum Gasteiger partial charge on any atom is 0.224 e. The Morgan fingerprint density at radius 2 is 2.12 bits per heavy atom. The number of carbonyl (C=O) groups is 1. The third kappa shape index (κ3) is 3.19. The van der Waals surface area contributed by atoms with Crippen LogP contribution < -0.4 is 10.6 Å². The highest BCUT2D eigenvalue weighted by Crippen LogP contribution is 2.22. The number of carbonyl (C=O) groups excluding carboxylic acids is 1. The number of amides is 1. The number of piperidine rings is 1. The number of nitrogens with one attached hydrogen (secondary N) is 2. The minimum Gasteiger partial charge on any atom is -0.379 e. The van der Waals surface area contributed by atoms with Crippen LogP contribution in [0, 0.1) is 5.92 Å². The van der Waals surface area contributed by atoms with E-state index in [9.17, 15) is 4.79 Å². The molecule has 1 aliphatic heterocycles. The lowest BCUT2D eigenvalue weighted by atomic mass is 9.94. The molecule has 0 aromatic rings. The van der Waals surface area contributed by atoms with Gasteiger partial charge in [0.25, 0.3) is 0 Å². The second-order valence-corrected chi connectivity index (χ2v) is 5.40. The number of methoxy groups -OCH3 is 1. The van der Waals surface area contributed by atoms with Crippen LogP contribution in [-0.4, -0.2) is 37.7 Å². The van der Waals surface area contributed by atoms with E-state index >= 15 is 0 Å². The molecule has 4 nitrogen and oxygen atoms in total. The van der Waals surface area contributed by atoms with Gasteiger partial charge in [-0.15, -0.1) is 0 Å². The van der Waals surface area contributed by atoms with E-state index in [2.05, 4.69) is 17.6 Å². The summed E-state index contributed by atoms with van der Waals surface area (Å²) in [7, 11) is 1.74. The quantitative estimate of drug-likeness (QED) is 0.775. The number of ether oxygens (including phenoxy) is 1. The van der Waals surface area contributed by atoms with E-state index in [0.717, 1.165) is 38.6 Å². The molecule has 0 radical (unpaired) electrons. The number of hydrogen-bond donors (Lipinski definition) is 2. The summed E-state index contributed by atoms with van der Waals surface area (Å²) in [5, 5.41) is 6.53. The summed E-state index contributed by atoms with van der Waals surface area (Å²) in [5.74, 6) is 0.350. The Morgan fingerprint density at radius 3 is 2.76 bits per heavy atom. The predicted molar refractivity (Wildman–Crippen MR) is 66.8 cm³/mol. The second-order valence-electron chi connectivity index (χ2n) is 5.40. The van der Waals surface area contributed by atoms with Gasteiger partial charge in [0.1, 0.15) is 0 Å². The zero-order chi connectivity index (χ0) is 12.3.